The molecule has 2 atom stereocenters. The van der Waals surface area contributed by atoms with Gasteiger partial charge in [-0.05, 0) is 31.0 Å². The number of aliphatic imine (C=N–C) groups is 1. The van der Waals surface area contributed by atoms with Crippen LogP contribution >= 0.6 is 35.0 Å². The lowest BCUT2D eigenvalue weighted by Crippen LogP contribution is -2.38. The molecule has 24 heavy (non-hydrogen) atoms. The molecule has 5 nitrogen and oxygen atoms in total. The second-order valence-electron chi connectivity index (χ2n) is 6.27. The highest BCUT2D eigenvalue weighted by Gasteiger charge is 2.50. The number of sulfone groups is 1. The van der Waals surface area contributed by atoms with E-state index in [2.05, 4.69) is 4.99 Å². The predicted octanol–water partition coefficient (Wildman–Crippen LogP) is 3.00. The number of halogens is 2. The number of benzene rings is 1. The first kappa shape index (κ1) is 16.7. The molecular formula is C15H14Cl2N2O3S2. The Labute approximate surface area is 154 Å². The van der Waals surface area contributed by atoms with Crippen LogP contribution in [0, 0.1) is 5.92 Å². The number of carbonyl (C=O) groups is 1. The summed E-state index contributed by atoms with van der Waals surface area (Å²) in [4.78, 5) is 18.2. The monoisotopic (exact) mass is 404 g/mol. The number of hydrogen-bond donors (Lipinski definition) is 0. The molecule has 0 bridgehead atoms. The van der Waals surface area contributed by atoms with Crippen LogP contribution < -0.4 is 4.90 Å². The molecule has 4 rings (SSSR count). The zero-order valence-corrected chi connectivity index (χ0v) is 15.6. The van der Waals surface area contributed by atoms with E-state index in [-0.39, 0.29) is 34.6 Å². The van der Waals surface area contributed by atoms with Crippen LogP contribution in [0.5, 0.6) is 0 Å². The topological polar surface area (TPSA) is 66.8 Å². The van der Waals surface area contributed by atoms with Crippen molar-refractivity contribution in [3.05, 3.63) is 28.2 Å². The van der Waals surface area contributed by atoms with Crippen LogP contribution in [0.2, 0.25) is 10.0 Å². The molecule has 2 heterocycles. The molecule has 1 aromatic rings. The van der Waals surface area contributed by atoms with Gasteiger partial charge in [0.1, 0.15) is 0 Å². The number of amidine groups is 1. The number of fused-ring (bicyclic) bond motifs is 1. The lowest BCUT2D eigenvalue weighted by atomic mass is 10.2. The first-order valence-corrected chi connectivity index (χ1v) is 11.0. The Morgan fingerprint density at radius 2 is 2.00 bits per heavy atom. The van der Waals surface area contributed by atoms with Crippen LogP contribution in [0.1, 0.15) is 12.8 Å². The van der Waals surface area contributed by atoms with E-state index in [1.54, 1.807) is 23.1 Å². The average Bonchev–Trinajstić information content (AvgIpc) is 3.23. The fraction of sp³-hybridized carbons (Fsp3) is 0.467. The van der Waals surface area contributed by atoms with E-state index < -0.39 is 9.84 Å². The minimum absolute atomic E-state index is 0.0129. The van der Waals surface area contributed by atoms with E-state index in [0.717, 1.165) is 12.8 Å². The number of thioether (sulfide) groups is 1. The molecule has 1 saturated carbocycles. The minimum Gasteiger partial charge on any atom is -0.314 e. The molecule has 1 aromatic carbocycles. The summed E-state index contributed by atoms with van der Waals surface area (Å²) >= 11 is 13.8. The first-order chi connectivity index (χ1) is 11.3. The molecule has 0 aromatic heterocycles. The smallest absolute Gasteiger partial charge is 0.251 e. The van der Waals surface area contributed by atoms with Gasteiger partial charge in [-0.25, -0.2) is 8.42 Å². The van der Waals surface area contributed by atoms with Gasteiger partial charge in [0.25, 0.3) is 5.91 Å². The minimum atomic E-state index is -3.10. The number of amides is 1. The van der Waals surface area contributed by atoms with Crippen molar-refractivity contribution in [2.45, 2.75) is 24.1 Å². The Balaban J connectivity index is 1.77. The van der Waals surface area contributed by atoms with Crippen molar-refractivity contribution in [3.63, 3.8) is 0 Å². The van der Waals surface area contributed by atoms with Crippen LogP contribution in [0.3, 0.4) is 0 Å². The molecule has 3 aliphatic rings. The Bertz CT molecular complexity index is 852. The summed E-state index contributed by atoms with van der Waals surface area (Å²) in [5.41, 5.74) is 0.601. The van der Waals surface area contributed by atoms with Gasteiger partial charge >= 0.3 is 0 Å². The standard InChI is InChI=1S/C15H14Cl2N2O3S2/c16-9-3-4-10(17)11(5-9)19-12-6-24(21,22)7-13(12)23-15(19)18-14(20)8-1-2-8/h3-5,8,12-13H,1-2,6-7H2. The van der Waals surface area contributed by atoms with Crippen molar-refractivity contribution in [2.24, 2.45) is 10.9 Å². The van der Waals surface area contributed by atoms with Gasteiger partial charge in [-0.2, -0.15) is 4.99 Å². The molecule has 9 heteroatoms. The normalized spacial score (nSPS) is 29.9. The molecule has 128 valence electrons. The van der Waals surface area contributed by atoms with Crippen molar-refractivity contribution < 1.29 is 13.2 Å². The van der Waals surface area contributed by atoms with Gasteiger partial charge in [-0.3, -0.25) is 4.79 Å². The summed E-state index contributed by atoms with van der Waals surface area (Å²) in [7, 11) is -3.10. The third kappa shape index (κ3) is 3.07. The van der Waals surface area contributed by atoms with Gasteiger partial charge in [-0.15, -0.1) is 0 Å². The van der Waals surface area contributed by atoms with E-state index in [1.165, 1.54) is 11.8 Å². The molecular weight excluding hydrogens is 391 g/mol. The fourth-order valence-electron chi connectivity index (χ4n) is 3.03. The summed E-state index contributed by atoms with van der Waals surface area (Å²) in [6.07, 6.45) is 1.75. The van der Waals surface area contributed by atoms with Crippen molar-refractivity contribution in [1.29, 1.82) is 0 Å². The molecule has 0 radical (unpaired) electrons. The Morgan fingerprint density at radius 3 is 2.71 bits per heavy atom. The highest BCUT2D eigenvalue weighted by molar-refractivity contribution is 8.16. The Kier molecular flexibility index (Phi) is 4.10. The molecule has 2 aliphatic heterocycles. The molecule has 0 N–H and O–H groups in total. The number of anilines is 1. The van der Waals surface area contributed by atoms with Crippen LogP contribution in [-0.4, -0.2) is 42.3 Å². The number of hydrogen-bond acceptors (Lipinski definition) is 4. The summed E-state index contributed by atoms with van der Waals surface area (Å²) in [5.74, 6) is 0.0000795. The molecule has 2 unspecified atom stereocenters. The predicted molar refractivity (Wildman–Crippen MR) is 97.9 cm³/mol. The lowest BCUT2D eigenvalue weighted by molar-refractivity contribution is -0.118. The van der Waals surface area contributed by atoms with Gasteiger partial charge in [-0.1, -0.05) is 35.0 Å². The number of rotatable bonds is 2. The van der Waals surface area contributed by atoms with Gasteiger partial charge in [0.05, 0.1) is 28.3 Å². The van der Waals surface area contributed by atoms with Gasteiger partial charge in [0.15, 0.2) is 15.0 Å². The average molecular weight is 405 g/mol. The molecule has 0 spiro atoms. The number of carbonyl (C=O) groups excluding carboxylic acids is 1. The largest absolute Gasteiger partial charge is 0.314 e. The van der Waals surface area contributed by atoms with E-state index in [4.69, 9.17) is 23.2 Å². The van der Waals surface area contributed by atoms with E-state index in [9.17, 15) is 13.2 Å². The quantitative estimate of drug-likeness (QED) is 0.757. The van der Waals surface area contributed by atoms with Crippen LogP contribution in [-0.2, 0) is 14.6 Å². The van der Waals surface area contributed by atoms with Gasteiger partial charge in [0.2, 0.25) is 0 Å². The summed E-state index contributed by atoms with van der Waals surface area (Å²) in [5, 5.41) is 1.34. The van der Waals surface area contributed by atoms with E-state index >= 15 is 0 Å². The summed E-state index contributed by atoms with van der Waals surface area (Å²) in [6.45, 7) is 0. The van der Waals surface area contributed by atoms with Crippen LogP contribution in [0.25, 0.3) is 0 Å². The Hall–Kier alpha value is -0.760. The third-order valence-corrected chi connectivity index (χ3v) is 8.13. The van der Waals surface area contributed by atoms with Gasteiger partial charge in [0, 0.05) is 16.2 Å². The fourth-order valence-corrected chi connectivity index (χ4v) is 7.32. The maximum Gasteiger partial charge on any atom is 0.251 e. The Morgan fingerprint density at radius 1 is 1.25 bits per heavy atom. The summed E-state index contributed by atoms with van der Waals surface area (Å²) in [6, 6.07) is 4.75. The zero-order valence-electron chi connectivity index (χ0n) is 12.5. The van der Waals surface area contributed by atoms with Crippen LogP contribution in [0.15, 0.2) is 23.2 Å². The van der Waals surface area contributed by atoms with Crippen LogP contribution in [0.4, 0.5) is 5.69 Å². The summed E-state index contributed by atoms with van der Waals surface area (Å²) < 4.78 is 24.0. The molecule has 1 amide bonds. The zero-order chi connectivity index (χ0) is 17.1. The third-order valence-electron chi connectivity index (χ3n) is 4.37. The maximum absolute atomic E-state index is 12.1. The van der Waals surface area contributed by atoms with Crippen molar-refractivity contribution in [3.8, 4) is 0 Å². The van der Waals surface area contributed by atoms with Crippen molar-refractivity contribution >= 4 is 61.6 Å². The molecule has 3 fully saturated rings. The maximum atomic E-state index is 12.1. The second-order valence-corrected chi connectivity index (χ2v) is 10.5. The van der Waals surface area contributed by atoms with Gasteiger partial charge < -0.3 is 4.90 Å². The highest BCUT2D eigenvalue weighted by Crippen LogP contribution is 2.44. The van der Waals surface area contributed by atoms with Crippen molar-refractivity contribution in [2.75, 3.05) is 16.4 Å². The first-order valence-electron chi connectivity index (χ1n) is 7.58. The van der Waals surface area contributed by atoms with Crippen molar-refractivity contribution in [1.82, 2.24) is 0 Å². The second kappa shape index (κ2) is 5.90. The van der Waals surface area contributed by atoms with E-state index in [1.807, 2.05) is 0 Å². The van der Waals surface area contributed by atoms with E-state index in [0.29, 0.717) is 20.9 Å². The molecule has 1 aliphatic carbocycles. The SMILES string of the molecule is O=C(N=C1SC2CS(=O)(=O)CC2N1c1cc(Cl)ccc1Cl)C1CC1. The number of nitrogens with zero attached hydrogens (tertiary/aromatic N) is 2. The highest BCUT2D eigenvalue weighted by atomic mass is 35.5. The molecule has 2 saturated heterocycles. The lowest BCUT2D eigenvalue weighted by Gasteiger charge is -2.25.